The number of esters is 1. The third-order valence-electron chi connectivity index (χ3n) is 1.43. The molecule has 12 heavy (non-hydrogen) atoms. The molecule has 1 aromatic rings. The van der Waals surface area contributed by atoms with Crippen molar-refractivity contribution >= 4 is 11.8 Å². The van der Waals surface area contributed by atoms with Gasteiger partial charge in [-0.1, -0.05) is 0 Å². The quantitative estimate of drug-likeness (QED) is 0.641. The first kappa shape index (κ1) is 8.58. The first-order valence-corrected chi connectivity index (χ1v) is 3.60. The number of hydrogen-bond acceptors (Lipinski definition) is 4. The summed E-state index contributed by atoms with van der Waals surface area (Å²) in [6.45, 7) is 2.08. The lowest BCUT2D eigenvalue weighted by Gasteiger charge is -2.01. The smallest absolute Gasteiger partial charge is 0.358 e. The third kappa shape index (κ3) is 1.39. The van der Waals surface area contributed by atoms with Gasteiger partial charge in [0.25, 0.3) is 0 Å². The Morgan fingerprint density at radius 2 is 2.50 bits per heavy atom. The number of carbonyl (C=O) groups excluding carboxylic acids is 1. The first-order chi connectivity index (χ1) is 5.66. The molecule has 2 N–H and O–H groups in total. The monoisotopic (exact) mass is 169 g/mol. The number of hydrogen-bond donors (Lipinski definition) is 1. The van der Waals surface area contributed by atoms with Crippen LogP contribution in [-0.2, 0) is 11.8 Å². The van der Waals surface area contributed by atoms with Crippen LogP contribution >= 0.6 is 0 Å². The Labute approximate surface area is 70.1 Å². The topological polar surface area (TPSA) is 70.1 Å². The van der Waals surface area contributed by atoms with Crippen LogP contribution in [-0.4, -0.2) is 22.1 Å². The molecule has 1 heterocycles. The molecule has 0 fully saturated rings. The number of rotatable bonds is 2. The van der Waals surface area contributed by atoms with Crippen molar-refractivity contribution in [3.05, 3.63) is 12.0 Å². The van der Waals surface area contributed by atoms with E-state index in [0.717, 1.165) is 0 Å². The summed E-state index contributed by atoms with van der Waals surface area (Å²) in [5.74, 6) is -0.231. The van der Waals surface area contributed by atoms with Crippen LogP contribution < -0.4 is 5.73 Å². The fourth-order valence-electron chi connectivity index (χ4n) is 0.896. The van der Waals surface area contributed by atoms with Crippen LogP contribution in [0.3, 0.4) is 0 Å². The van der Waals surface area contributed by atoms with Crippen molar-refractivity contribution in [1.29, 1.82) is 0 Å². The van der Waals surface area contributed by atoms with Crippen LogP contribution in [0.1, 0.15) is 17.4 Å². The van der Waals surface area contributed by atoms with Gasteiger partial charge in [0.15, 0.2) is 11.5 Å². The van der Waals surface area contributed by atoms with E-state index in [4.69, 9.17) is 10.5 Å². The van der Waals surface area contributed by atoms with Crippen LogP contribution in [0, 0.1) is 0 Å². The Balaban J connectivity index is 2.93. The highest BCUT2D eigenvalue weighted by atomic mass is 16.5. The van der Waals surface area contributed by atoms with E-state index in [-0.39, 0.29) is 5.82 Å². The van der Waals surface area contributed by atoms with Gasteiger partial charge in [-0.2, -0.15) is 0 Å². The van der Waals surface area contributed by atoms with Gasteiger partial charge >= 0.3 is 5.97 Å². The lowest BCUT2D eigenvalue weighted by molar-refractivity contribution is 0.0516. The molecule has 0 unspecified atom stereocenters. The largest absolute Gasteiger partial charge is 0.461 e. The van der Waals surface area contributed by atoms with E-state index in [0.29, 0.717) is 12.3 Å². The van der Waals surface area contributed by atoms with Gasteiger partial charge in [0.05, 0.1) is 12.9 Å². The van der Waals surface area contributed by atoms with Crippen molar-refractivity contribution < 1.29 is 9.53 Å². The standard InChI is InChI=1S/C7H11N3O2/c1-3-12-7(11)5-6(8)9-4-10(5)2/h4H,3,8H2,1-2H3. The molecule has 1 aromatic heterocycles. The zero-order valence-electron chi connectivity index (χ0n) is 7.07. The molecule has 0 aromatic carbocycles. The lowest BCUT2D eigenvalue weighted by Crippen LogP contribution is -2.11. The number of nitrogen functional groups attached to an aromatic ring is 1. The average Bonchev–Trinajstić information content (AvgIpc) is 2.32. The summed E-state index contributed by atoms with van der Waals surface area (Å²) in [6.07, 6.45) is 1.47. The summed E-state index contributed by atoms with van der Waals surface area (Å²) < 4.78 is 6.30. The molecular formula is C7H11N3O2. The Morgan fingerprint density at radius 1 is 1.83 bits per heavy atom. The van der Waals surface area contributed by atoms with E-state index in [1.54, 1.807) is 14.0 Å². The fourth-order valence-corrected chi connectivity index (χ4v) is 0.896. The van der Waals surface area contributed by atoms with E-state index < -0.39 is 5.97 Å². The Bertz CT molecular complexity index is 273. The molecule has 66 valence electrons. The molecule has 0 saturated heterocycles. The minimum absolute atomic E-state index is 0.205. The molecule has 0 saturated carbocycles. The minimum Gasteiger partial charge on any atom is -0.461 e. The third-order valence-corrected chi connectivity index (χ3v) is 1.43. The van der Waals surface area contributed by atoms with Crippen LogP contribution in [0.5, 0.6) is 0 Å². The second-order valence-electron chi connectivity index (χ2n) is 2.31. The molecule has 1 rings (SSSR count). The molecular weight excluding hydrogens is 158 g/mol. The molecule has 0 spiro atoms. The van der Waals surface area contributed by atoms with E-state index in [1.165, 1.54) is 10.9 Å². The summed E-state index contributed by atoms with van der Waals surface area (Å²) in [5.41, 5.74) is 5.74. The Kier molecular flexibility index (Phi) is 2.32. The van der Waals surface area contributed by atoms with Crippen molar-refractivity contribution in [2.24, 2.45) is 7.05 Å². The van der Waals surface area contributed by atoms with Gasteiger partial charge in [0.2, 0.25) is 0 Å². The van der Waals surface area contributed by atoms with Crippen molar-refractivity contribution in [2.75, 3.05) is 12.3 Å². The van der Waals surface area contributed by atoms with Gasteiger partial charge in [0, 0.05) is 7.05 Å². The number of carbonyl (C=O) groups is 1. The molecule has 5 heteroatoms. The maximum absolute atomic E-state index is 11.2. The molecule has 0 aliphatic rings. The van der Waals surface area contributed by atoms with Crippen molar-refractivity contribution in [1.82, 2.24) is 9.55 Å². The second-order valence-corrected chi connectivity index (χ2v) is 2.31. The number of aromatic nitrogens is 2. The van der Waals surface area contributed by atoms with E-state index in [9.17, 15) is 4.79 Å². The molecule has 0 atom stereocenters. The number of imidazole rings is 1. The first-order valence-electron chi connectivity index (χ1n) is 3.60. The van der Waals surface area contributed by atoms with Gasteiger partial charge in [-0.05, 0) is 6.92 Å². The zero-order chi connectivity index (χ0) is 9.14. The number of anilines is 1. The summed E-state index contributed by atoms with van der Waals surface area (Å²) in [6, 6.07) is 0. The predicted octanol–water partition coefficient (Wildman–Crippen LogP) is 0.179. The second kappa shape index (κ2) is 3.25. The van der Waals surface area contributed by atoms with Crippen molar-refractivity contribution in [2.45, 2.75) is 6.92 Å². The van der Waals surface area contributed by atoms with Gasteiger partial charge < -0.3 is 15.0 Å². The molecule has 0 aliphatic carbocycles. The summed E-state index contributed by atoms with van der Waals surface area (Å²) in [7, 11) is 1.69. The Morgan fingerprint density at radius 3 is 2.92 bits per heavy atom. The highest BCUT2D eigenvalue weighted by Gasteiger charge is 2.15. The van der Waals surface area contributed by atoms with Crippen LogP contribution in [0.4, 0.5) is 5.82 Å². The summed E-state index contributed by atoms with van der Waals surface area (Å²) in [4.78, 5) is 14.9. The van der Waals surface area contributed by atoms with Gasteiger partial charge in [-0.15, -0.1) is 0 Å². The Hall–Kier alpha value is -1.52. The normalized spacial score (nSPS) is 9.83. The van der Waals surface area contributed by atoms with Gasteiger partial charge in [-0.25, -0.2) is 9.78 Å². The van der Waals surface area contributed by atoms with Gasteiger partial charge in [-0.3, -0.25) is 0 Å². The van der Waals surface area contributed by atoms with E-state index >= 15 is 0 Å². The number of nitrogens with two attached hydrogens (primary N) is 1. The highest BCUT2D eigenvalue weighted by Crippen LogP contribution is 2.08. The minimum atomic E-state index is -0.435. The van der Waals surface area contributed by atoms with E-state index in [2.05, 4.69) is 4.98 Å². The summed E-state index contributed by atoms with van der Waals surface area (Å²) in [5, 5.41) is 0. The number of aryl methyl sites for hydroxylation is 1. The van der Waals surface area contributed by atoms with E-state index in [1.807, 2.05) is 0 Å². The van der Waals surface area contributed by atoms with Crippen molar-refractivity contribution in [3.63, 3.8) is 0 Å². The molecule has 0 radical (unpaired) electrons. The zero-order valence-corrected chi connectivity index (χ0v) is 7.07. The number of ether oxygens (including phenoxy) is 1. The molecule has 0 aliphatic heterocycles. The van der Waals surface area contributed by atoms with Gasteiger partial charge in [0.1, 0.15) is 0 Å². The molecule has 0 bridgehead atoms. The average molecular weight is 169 g/mol. The van der Waals surface area contributed by atoms with Crippen LogP contribution in [0.2, 0.25) is 0 Å². The lowest BCUT2D eigenvalue weighted by atomic mass is 10.4. The highest BCUT2D eigenvalue weighted by molar-refractivity contribution is 5.92. The summed E-state index contributed by atoms with van der Waals surface area (Å²) >= 11 is 0. The van der Waals surface area contributed by atoms with Crippen molar-refractivity contribution in [3.8, 4) is 0 Å². The molecule has 0 amide bonds. The van der Waals surface area contributed by atoms with Crippen LogP contribution in [0.15, 0.2) is 6.33 Å². The number of nitrogens with zero attached hydrogens (tertiary/aromatic N) is 2. The maximum Gasteiger partial charge on any atom is 0.358 e. The SMILES string of the molecule is CCOC(=O)c1c(N)ncn1C. The fraction of sp³-hybridized carbons (Fsp3) is 0.429. The maximum atomic E-state index is 11.2. The van der Waals surface area contributed by atoms with Crippen LogP contribution in [0.25, 0.3) is 0 Å². The predicted molar refractivity (Wildman–Crippen MR) is 43.6 cm³/mol. The molecule has 5 nitrogen and oxygen atoms in total.